The first kappa shape index (κ1) is 13.7. The number of anilines is 2. The zero-order valence-corrected chi connectivity index (χ0v) is 12.0. The minimum Gasteiger partial charge on any atom is -0.396 e. The molecule has 6 heteroatoms. The third kappa shape index (κ3) is 2.38. The van der Waals surface area contributed by atoms with Gasteiger partial charge in [0.2, 0.25) is 0 Å². The van der Waals surface area contributed by atoms with Crippen molar-refractivity contribution in [1.29, 1.82) is 5.26 Å². The van der Waals surface area contributed by atoms with Crippen molar-refractivity contribution in [3.8, 4) is 6.07 Å². The van der Waals surface area contributed by atoms with Gasteiger partial charge in [-0.15, -0.1) is 11.3 Å². The summed E-state index contributed by atoms with van der Waals surface area (Å²) in [6, 6.07) is 2.14. The van der Waals surface area contributed by atoms with Gasteiger partial charge in [-0.05, 0) is 12.3 Å². The van der Waals surface area contributed by atoms with Gasteiger partial charge in [0.15, 0.2) is 0 Å². The van der Waals surface area contributed by atoms with Crippen LogP contribution >= 0.6 is 11.3 Å². The lowest BCUT2D eigenvalue weighted by atomic mass is 10.1. The summed E-state index contributed by atoms with van der Waals surface area (Å²) < 4.78 is 0. The zero-order valence-electron chi connectivity index (χ0n) is 11.2. The predicted molar refractivity (Wildman–Crippen MR) is 77.4 cm³/mol. The molecule has 0 radical (unpaired) electrons. The molecular weight excluding hydrogens is 260 g/mol. The van der Waals surface area contributed by atoms with Crippen molar-refractivity contribution in [2.45, 2.75) is 19.8 Å². The quantitative estimate of drug-likeness (QED) is 0.883. The van der Waals surface area contributed by atoms with Crippen LogP contribution < -0.4 is 16.0 Å². The number of carbonyl (C=O) groups is 1. The van der Waals surface area contributed by atoms with Gasteiger partial charge in [-0.2, -0.15) is 5.26 Å². The standard InChI is InChI=1S/C13H18N4OS/c1-3-8-4-5-17(7-8)13-9(6-14)10(15)11(19-13)12(18)16-2/h8H,3-5,7,15H2,1-2H3,(H,16,18). The molecule has 5 nitrogen and oxygen atoms in total. The molecule has 1 aromatic heterocycles. The summed E-state index contributed by atoms with van der Waals surface area (Å²) >= 11 is 1.32. The highest BCUT2D eigenvalue weighted by molar-refractivity contribution is 7.19. The topological polar surface area (TPSA) is 82.2 Å². The van der Waals surface area contributed by atoms with Crippen molar-refractivity contribution in [2.75, 3.05) is 30.8 Å². The molecule has 0 bridgehead atoms. The van der Waals surface area contributed by atoms with Gasteiger partial charge >= 0.3 is 0 Å². The normalized spacial score (nSPS) is 18.4. The molecule has 1 saturated heterocycles. The Hall–Kier alpha value is -1.74. The molecule has 1 amide bonds. The van der Waals surface area contributed by atoms with E-state index in [1.165, 1.54) is 11.3 Å². The monoisotopic (exact) mass is 278 g/mol. The van der Waals surface area contributed by atoms with Crippen molar-refractivity contribution in [2.24, 2.45) is 5.92 Å². The Morgan fingerprint density at radius 3 is 2.95 bits per heavy atom. The third-order valence-electron chi connectivity index (χ3n) is 3.62. The Bertz CT molecular complexity index is 531. The second-order valence-electron chi connectivity index (χ2n) is 4.72. The van der Waals surface area contributed by atoms with Crippen molar-refractivity contribution in [1.82, 2.24) is 5.32 Å². The molecule has 1 aromatic rings. The van der Waals surface area contributed by atoms with Crippen LogP contribution in [0, 0.1) is 17.2 Å². The van der Waals surface area contributed by atoms with Gasteiger partial charge in [-0.1, -0.05) is 13.3 Å². The number of hydrogen-bond acceptors (Lipinski definition) is 5. The second-order valence-corrected chi connectivity index (χ2v) is 5.72. The number of nitrogens with two attached hydrogens (primary N) is 1. The Kier molecular flexibility index (Phi) is 3.96. The molecule has 1 unspecified atom stereocenters. The van der Waals surface area contributed by atoms with E-state index < -0.39 is 0 Å². The minimum atomic E-state index is -0.225. The van der Waals surface area contributed by atoms with E-state index in [1.807, 2.05) is 0 Å². The predicted octanol–water partition coefficient (Wildman–Crippen LogP) is 1.80. The summed E-state index contributed by atoms with van der Waals surface area (Å²) in [5, 5.41) is 12.7. The van der Waals surface area contributed by atoms with E-state index in [9.17, 15) is 10.1 Å². The maximum atomic E-state index is 11.7. The number of hydrogen-bond donors (Lipinski definition) is 2. The Morgan fingerprint density at radius 2 is 2.42 bits per heavy atom. The summed E-state index contributed by atoms with van der Waals surface area (Å²) in [6.45, 7) is 4.05. The highest BCUT2D eigenvalue weighted by Crippen LogP contribution is 2.40. The molecule has 2 heterocycles. The molecule has 102 valence electrons. The van der Waals surface area contributed by atoms with E-state index >= 15 is 0 Å². The third-order valence-corrected chi connectivity index (χ3v) is 4.89. The second kappa shape index (κ2) is 5.49. The van der Waals surface area contributed by atoms with Crippen LogP contribution in [0.25, 0.3) is 0 Å². The average molecular weight is 278 g/mol. The molecule has 0 aliphatic carbocycles. The fourth-order valence-corrected chi connectivity index (χ4v) is 3.55. The number of amides is 1. The summed E-state index contributed by atoms with van der Waals surface area (Å²) in [5.74, 6) is 0.440. The van der Waals surface area contributed by atoms with E-state index in [1.54, 1.807) is 7.05 Å². The fraction of sp³-hybridized carbons (Fsp3) is 0.538. The number of thiophene rings is 1. The summed E-state index contributed by atoms with van der Waals surface area (Å²) in [7, 11) is 1.57. The first-order chi connectivity index (χ1) is 9.12. The summed E-state index contributed by atoms with van der Waals surface area (Å²) in [6.07, 6.45) is 2.27. The molecule has 2 rings (SSSR count). The highest BCUT2D eigenvalue weighted by Gasteiger charge is 2.28. The average Bonchev–Trinajstić information content (AvgIpc) is 3.01. The highest BCUT2D eigenvalue weighted by atomic mass is 32.1. The van der Waals surface area contributed by atoms with E-state index in [4.69, 9.17) is 5.73 Å². The molecule has 0 aromatic carbocycles. The van der Waals surface area contributed by atoms with Gasteiger partial charge in [0, 0.05) is 20.1 Å². The van der Waals surface area contributed by atoms with Crippen LogP contribution in [0.5, 0.6) is 0 Å². The Balaban J connectivity index is 2.36. The first-order valence-corrected chi connectivity index (χ1v) is 7.23. The number of nitrogens with one attached hydrogen (secondary N) is 1. The first-order valence-electron chi connectivity index (χ1n) is 6.41. The van der Waals surface area contributed by atoms with Crippen molar-refractivity contribution in [3.63, 3.8) is 0 Å². The van der Waals surface area contributed by atoms with Crippen molar-refractivity contribution in [3.05, 3.63) is 10.4 Å². The van der Waals surface area contributed by atoms with Gasteiger partial charge in [-0.3, -0.25) is 4.79 Å². The van der Waals surface area contributed by atoms with Crippen LogP contribution in [0.15, 0.2) is 0 Å². The Labute approximate surface area is 117 Å². The summed E-state index contributed by atoms with van der Waals surface area (Å²) in [5.41, 5.74) is 6.68. The van der Waals surface area contributed by atoms with Crippen LogP contribution in [0.2, 0.25) is 0 Å². The number of nitrogens with zero attached hydrogens (tertiary/aromatic N) is 2. The smallest absolute Gasteiger partial charge is 0.263 e. The van der Waals surface area contributed by atoms with Crippen LogP contribution in [-0.2, 0) is 0 Å². The van der Waals surface area contributed by atoms with Gasteiger partial charge in [0.1, 0.15) is 21.5 Å². The van der Waals surface area contributed by atoms with Crippen LogP contribution in [0.3, 0.4) is 0 Å². The van der Waals surface area contributed by atoms with Crippen LogP contribution in [0.1, 0.15) is 35.0 Å². The lowest BCUT2D eigenvalue weighted by molar-refractivity contribution is 0.0968. The SMILES string of the molecule is CCC1CCN(c2sc(C(=O)NC)c(N)c2C#N)C1. The molecule has 0 spiro atoms. The van der Waals surface area contributed by atoms with E-state index in [-0.39, 0.29) is 5.91 Å². The molecule has 3 N–H and O–H groups in total. The zero-order chi connectivity index (χ0) is 14.0. The lowest BCUT2D eigenvalue weighted by Gasteiger charge is -2.16. The van der Waals surface area contributed by atoms with Crippen molar-refractivity contribution < 1.29 is 4.79 Å². The maximum absolute atomic E-state index is 11.7. The largest absolute Gasteiger partial charge is 0.396 e. The Morgan fingerprint density at radius 1 is 1.68 bits per heavy atom. The van der Waals surface area contributed by atoms with Gasteiger partial charge in [-0.25, -0.2) is 0 Å². The molecule has 1 aliphatic rings. The van der Waals surface area contributed by atoms with Crippen molar-refractivity contribution >= 4 is 27.9 Å². The van der Waals surface area contributed by atoms with E-state index in [2.05, 4.69) is 23.2 Å². The maximum Gasteiger partial charge on any atom is 0.263 e. The minimum absolute atomic E-state index is 0.225. The molecule has 1 aliphatic heterocycles. The molecule has 1 atom stereocenters. The number of rotatable bonds is 3. The number of nitrogen functional groups attached to an aromatic ring is 1. The molecule has 0 saturated carbocycles. The van der Waals surface area contributed by atoms with Gasteiger partial charge in [0.25, 0.3) is 5.91 Å². The van der Waals surface area contributed by atoms with E-state index in [0.29, 0.717) is 22.0 Å². The molecule has 19 heavy (non-hydrogen) atoms. The van der Waals surface area contributed by atoms with Crippen LogP contribution in [0.4, 0.5) is 10.7 Å². The molecule has 1 fully saturated rings. The number of nitriles is 1. The summed E-state index contributed by atoms with van der Waals surface area (Å²) in [4.78, 5) is 14.4. The lowest BCUT2D eigenvalue weighted by Crippen LogP contribution is -2.19. The van der Waals surface area contributed by atoms with E-state index in [0.717, 1.165) is 30.9 Å². The van der Waals surface area contributed by atoms with Crippen LogP contribution in [-0.4, -0.2) is 26.0 Å². The molecular formula is C13H18N4OS. The fourth-order valence-electron chi connectivity index (χ4n) is 2.39. The van der Waals surface area contributed by atoms with Gasteiger partial charge in [0.05, 0.1) is 5.69 Å². The number of carbonyl (C=O) groups excluding carboxylic acids is 1. The van der Waals surface area contributed by atoms with Gasteiger partial charge < -0.3 is 16.0 Å².